The molecule has 1 nitrogen and oxygen atoms in total. The van der Waals surface area contributed by atoms with Gasteiger partial charge in [0, 0.05) is 0 Å². The van der Waals surface area contributed by atoms with Gasteiger partial charge in [-0.15, -0.1) is 0 Å². The molecule has 6 heavy (non-hydrogen) atoms. The topological polar surface area (TPSA) is 17.1 Å². The van der Waals surface area contributed by atoms with Crippen LogP contribution in [0.15, 0.2) is 0 Å². The Labute approximate surface area is 51.2 Å². The van der Waals surface area contributed by atoms with E-state index in [0.717, 1.165) is 10.9 Å². The summed E-state index contributed by atoms with van der Waals surface area (Å²) in [6.07, 6.45) is 0.776. The number of carbonyl (C=O) groups excluding carboxylic acids is 1. The Morgan fingerprint density at radius 2 is 2.33 bits per heavy atom. The molecule has 0 saturated carbocycles. The average Bonchev–Trinajstić information content (AvgIpc) is 1.35. The number of rotatable bonds is 2. The summed E-state index contributed by atoms with van der Waals surface area (Å²) in [5, 5.41) is 0. The molecule has 0 amide bonds. The van der Waals surface area contributed by atoms with E-state index in [1.165, 1.54) is 22.5 Å². The van der Waals surface area contributed by atoms with Crippen molar-refractivity contribution in [1.29, 1.82) is 0 Å². The SMILES string of the molecule is CC(=O)C[CH2][Sn+3]. The van der Waals surface area contributed by atoms with Crippen molar-refractivity contribution in [3.63, 3.8) is 0 Å². The van der Waals surface area contributed by atoms with Crippen LogP contribution in [0, 0.1) is 0 Å². The van der Waals surface area contributed by atoms with Gasteiger partial charge < -0.3 is 0 Å². The minimum absolute atomic E-state index is 0.312. The molecule has 0 N–H and O–H groups in total. The van der Waals surface area contributed by atoms with Crippen LogP contribution in [0.2, 0.25) is 4.44 Å². The fourth-order valence-electron chi connectivity index (χ4n) is 0.176. The molecule has 0 radical (unpaired) electrons. The van der Waals surface area contributed by atoms with Crippen LogP contribution in [0.1, 0.15) is 13.3 Å². The molecule has 30 valence electrons. The predicted molar refractivity (Wildman–Crippen MR) is 25.9 cm³/mol. The van der Waals surface area contributed by atoms with E-state index in [0.29, 0.717) is 5.78 Å². The summed E-state index contributed by atoms with van der Waals surface area (Å²) in [4.78, 5) is 10.1. The maximum atomic E-state index is 10.1. The molecule has 0 bridgehead atoms. The van der Waals surface area contributed by atoms with Crippen LogP contribution in [-0.4, -0.2) is 28.3 Å². The Balaban J connectivity index is 2.83. The van der Waals surface area contributed by atoms with Gasteiger partial charge in [0.05, 0.1) is 0 Å². The number of carbonyl (C=O) groups is 1. The van der Waals surface area contributed by atoms with Gasteiger partial charge in [-0.25, -0.2) is 0 Å². The Bertz CT molecular complexity index is 51.5. The fraction of sp³-hybridized carbons (Fsp3) is 0.750. The molecule has 0 spiro atoms. The quantitative estimate of drug-likeness (QED) is 0.581. The molecular formula is C4H7OSn+3. The van der Waals surface area contributed by atoms with E-state index in [1.807, 2.05) is 0 Å². The first kappa shape index (κ1) is 6.47. The zero-order valence-electron chi connectivity index (χ0n) is 3.82. The van der Waals surface area contributed by atoms with Crippen LogP contribution in [0.25, 0.3) is 0 Å². The first-order valence-corrected chi connectivity index (χ1v) is 3.93. The van der Waals surface area contributed by atoms with Crippen LogP contribution >= 0.6 is 0 Å². The Morgan fingerprint density at radius 3 is 2.33 bits per heavy atom. The zero-order chi connectivity index (χ0) is 4.99. The second-order valence-electron chi connectivity index (χ2n) is 1.20. The number of ketones is 1. The number of hydrogen-bond acceptors (Lipinski definition) is 1. The van der Waals surface area contributed by atoms with Gasteiger partial charge in [-0.3, -0.25) is 0 Å². The van der Waals surface area contributed by atoms with E-state index >= 15 is 0 Å². The van der Waals surface area contributed by atoms with Gasteiger partial charge >= 0.3 is 50.9 Å². The van der Waals surface area contributed by atoms with Gasteiger partial charge in [0.25, 0.3) is 0 Å². The van der Waals surface area contributed by atoms with Crippen molar-refractivity contribution in [1.82, 2.24) is 0 Å². The molecule has 0 saturated heterocycles. The van der Waals surface area contributed by atoms with E-state index < -0.39 is 0 Å². The molecular weight excluding hydrogens is 183 g/mol. The van der Waals surface area contributed by atoms with Crippen LogP contribution in [-0.2, 0) is 4.79 Å². The van der Waals surface area contributed by atoms with Gasteiger partial charge in [-0.05, 0) is 0 Å². The molecule has 0 aliphatic carbocycles. The molecule has 0 fully saturated rings. The van der Waals surface area contributed by atoms with Crippen molar-refractivity contribution >= 4 is 28.3 Å². The fourth-order valence-corrected chi connectivity index (χ4v) is 1.18. The summed E-state index contributed by atoms with van der Waals surface area (Å²) in [6.45, 7) is 1.63. The van der Waals surface area contributed by atoms with Gasteiger partial charge in [0.2, 0.25) is 0 Å². The van der Waals surface area contributed by atoms with Crippen molar-refractivity contribution in [3.8, 4) is 0 Å². The number of Topliss-reactive ketones (excluding diaryl/α,β-unsaturated/α-hetero) is 1. The standard InChI is InChI=1S/C4H7O.Sn/c1-3-4(2)5;/h1,3H2,2H3;/q;+3. The van der Waals surface area contributed by atoms with E-state index in [9.17, 15) is 4.79 Å². The van der Waals surface area contributed by atoms with Crippen molar-refractivity contribution in [2.75, 3.05) is 0 Å². The van der Waals surface area contributed by atoms with E-state index in [2.05, 4.69) is 0 Å². The zero-order valence-corrected chi connectivity index (χ0v) is 6.68. The molecule has 0 heterocycles. The van der Waals surface area contributed by atoms with Crippen LogP contribution < -0.4 is 0 Å². The molecule has 0 unspecified atom stereocenters. The minimum atomic E-state index is 0.312. The second kappa shape index (κ2) is 3.65. The van der Waals surface area contributed by atoms with Crippen LogP contribution in [0.3, 0.4) is 0 Å². The van der Waals surface area contributed by atoms with Crippen molar-refractivity contribution in [2.24, 2.45) is 0 Å². The molecule has 0 rings (SSSR count). The Morgan fingerprint density at radius 1 is 1.83 bits per heavy atom. The third-order valence-electron chi connectivity index (χ3n) is 0.477. The van der Waals surface area contributed by atoms with Crippen LogP contribution in [0.4, 0.5) is 0 Å². The first-order valence-electron chi connectivity index (χ1n) is 1.91. The molecule has 0 aliphatic heterocycles. The van der Waals surface area contributed by atoms with Crippen molar-refractivity contribution < 1.29 is 4.79 Å². The first-order chi connectivity index (χ1) is 2.77. The molecule has 0 aliphatic rings. The predicted octanol–water partition coefficient (Wildman–Crippen LogP) is 0.552. The molecule has 0 aromatic carbocycles. The van der Waals surface area contributed by atoms with E-state index in [-0.39, 0.29) is 0 Å². The Hall–Kier alpha value is 0.469. The monoisotopic (exact) mass is 191 g/mol. The van der Waals surface area contributed by atoms with Crippen molar-refractivity contribution in [3.05, 3.63) is 0 Å². The third-order valence-corrected chi connectivity index (χ3v) is 1.19. The van der Waals surface area contributed by atoms with Crippen LogP contribution in [0.5, 0.6) is 0 Å². The summed E-state index contributed by atoms with van der Waals surface area (Å²) < 4.78 is 1.07. The molecule has 2 heteroatoms. The third kappa shape index (κ3) is 4.47. The van der Waals surface area contributed by atoms with Gasteiger partial charge in [0.15, 0.2) is 0 Å². The van der Waals surface area contributed by atoms with Gasteiger partial charge in [0.1, 0.15) is 0 Å². The summed E-state index contributed by atoms with van der Waals surface area (Å²) in [7, 11) is 0. The van der Waals surface area contributed by atoms with Gasteiger partial charge in [-0.2, -0.15) is 0 Å². The van der Waals surface area contributed by atoms with Crippen molar-refractivity contribution in [2.45, 2.75) is 17.8 Å². The molecule has 0 atom stereocenters. The average molecular weight is 190 g/mol. The maximum absolute atomic E-state index is 10.1. The van der Waals surface area contributed by atoms with E-state index in [4.69, 9.17) is 0 Å². The van der Waals surface area contributed by atoms with Gasteiger partial charge in [-0.1, -0.05) is 0 Å². The molecule has 0 aromatic heterocycles. The molecule has 0 aromatic rings. The number of hydrogen-bond donors (Lipinski definition) is 0. The van der Waals surface area contributed by atoms with E-state index in [1.54, 1.807) is 6.92 Å². The summed E-state index contributed by atoms with van der Waals surface area (Å²) >= 11 is 1.46. The summed E-state index contributed by atoms with van der Waals surface area (Å²) in [5.74, 6) is 0.312. The summed E-state index contributed by atoms with van der Waals surface area (Å²) in [6, 6.07) is 0. The summed E-state index contributed by atoms with van der Waals surface area (Å²) in [5.41, 5.74) is 0. The second-order valence-corrected chi connectivity index (χ2v) is 2.63. The Kier molecular flexibility index (Phi) is 3.94. The normalized spacial score (nSPS) is 8.50.